The first kappa shape index (κ1) is 14.3. The summed E-state index contributed by atoms with van der Waals surface area (Å²) in [5.41, 5.74) is 1.11. The van der Waals surface area contributed by atoms with Gasteiger partial charge in [-0.25, -0.2) is 0 Å². The molecule has 0 radical (unpaired) electrons. The van der Waals surface area contributed by atoms with Crippen LogP contribution < -0.4 is 0 Å². The van der Waals surface area contributed by atoms with Crippen molar-refractivity contribution < 1.29 is 18.7 Å². The zero-order valence-corrected chi connectivity index (χ0v) is 11.2. The van der Waals surface area contributed by atoms with E-state index in [1.54, 1.807) is 0 Å². The molecule has 0 unspecified atom stereocenters. The molecule has 0 fully saturated rings. The van der Waals surface area contributed by atoms with Crippen LogP contribution in [-0.4, -0.2) is 31.1 Å². The summed E-state index contributed by atoms with van der Waals surface area (Å²) in [6, 6.07) is 9.77. The van der Waals surface area contributed by atoms with Crippen molar-refractivity contribution >= 4 is 13.7 Å². The quantitative estimate of drug-likeness (QED) is 0.760. The van der Waals surface area contributed by atoms with Gasteiger partial charge in [0.25, 0.3) is 0 Å². The third kappa shape index (κ3) is 4.92. The Hall–Kier alpha value is -0.800. The number of benzene rings is 1. The monoisotopic (exact) mass is 258 g/mol. The molecule has 0 aliphatic rings. The summed E-state index contributed by atoms with van der Waals surface area (Å²) >= 11 is 0. The molecule has 96 valence electrons. The van der Waals surface area contributed by atoms with Crippen molar-refractivity contribution in [3.05, 3.63) is 35.9 Å². The Morgan fingerprint density at radius 2 is 1.82 bits per heavy atom. The molecule has 5 heteroatoms. The topological polar surface area (TPSA) is 55.8 Å². The Kier molecular flexibility index (Phi) is 5.72. The summed E-state index contributed by atoms with van der Waals surface area (Å²) in [6.07, 6.45) is 1.05. The van der Waals surface area contributed by atoms with Crippen LogP contribution in [0, 0.1) is 0 Å². The predicted octanol–water partition coefficient (Wildman–Crippen LogP) is 1.97. The Labute approximate surface area is 102 Å². The standard InChI is InChI=1S/C12H19O4P/c1-15-17(14,16-2)10-12(13)9-8-11-6-4-3-5-7-11/h3-7,14,17H,8-10H2,1-2H3. The molecule has 1 rings (SSSR count). The fourth-order valence-electron chi connectivity index (χ4n) is 1.49. The van der Waals surface area contributed by atoms with Crippen molar-refractivity contribution in [2.24, 2.45) is 0 Å². The normalized spacial score (nSPS) is 12.4. The summed E-state index contributed by atoms with van der Waals surface area (Å²) in [4.78, 5) is 21.4. The minimum atomic E-state index is -3.25. The summed E-state index contributed by atoms with van der Waals surface area (Å²) in [5, 5.41) is 0. The number of aryl methyl sites for hydroxylation is 1. The second-order valence-electron chi connectivity index (χ2n) is 3.82. The van der Waals surface area contributed by atoms with E-state index in [9.17, 15) is 9.69 Å². The molecule has 0 bridgehead atoms. The van der Waals surface area contributed by atoms with E-state index < -0.39 is 7.94 Å². The van der Waals surface area contributed by atoms with Gasteiger partial charge >= 0.3 is 102 Å². The van der Waals surface area contributed by atoms with E-state index in [1.165, 1.54) is 14.2 Å². The van der Waals surface area contributed by atoms with Gasteiger partial charge in [0.15, 0.2) is 0 Å². The van der Waals surface area contributed by atoms with Crippen LogP contribution in [0.3, 0.4) is 0 Å². The van der Waals surface area contributed by atoms with Gasteiger partial charge in [-0.2, -0.15) is 0 Å². The molecule has 0 atom stereocenters. The first-order valence-corrected chi connectivity index (χ1v) is 7.45. The fourth-order valence-corrected chi connectivity index (χ4v) is 2.62. The van der Waals surface area contributed by atoms with Gasteiger partial charge in [0.1, 0.15) is 0 Å². The van der Waals surface area contributed by atoms with E-state index in [-0.39, 0.29) is 11.9 Å². The number of hydrogen-bond acceptors (Lipinski definition) is 4. The first-order chi connectivity index (χ1) is 8.09. The van der Waals surface area contributed by atoms with Crippen LogP contribution in [-0.2, 0) is 20.3 Å². The molecule has 0 aliphatic heterocycles. The number of carbonyl (C=O) groups is 1. The number of ketones is 1. The van der Waals surface area contributed by atoms with Gasteiger partial charge in [-0.05, 0) is 0 Å². The summed E-state index contributed by atoms with van der Waals surface area (Å²) in [5.74, 6) is -0.0354. The molecular weight excluding hydrogens is 239 g/mol. The fraction of sp³-hybridized carbons (Fsp3) is 0.417. The molecule has 1 aromatic rings. The van der Waals surface area contributed by atoms with Crippen LogP contribution in [0.15, 0.2) is 30.3 Å². The van der Waals surface area contributed by atoms with Crippen molar-refractivity contribution in [2.75, 3.05) is 20.4 Å². The molecule has 0 spiro atoms. The van der Waals surface area contributed by atoms with Gasteiger partial charge < -0.3 is 0 Å². The van der Waals surface area contributed by atoms with Crippen LogP contribution in [0.1, 0.15) is 12.0 Å². The number of carbonyl (C=O) groups excluding carboxylic acids is 1. The molecule has 0 saturated heterocycles. The van der Waals surface area contributed by atoms with Crippen molar-refractivity contribution in [1.29, 1.82) is 0 Å². The molecule has 0 aromatic heterocycles. The molecule has 0 heterocycles. The van der Waals surface area contributed by atoms with Gasteiger partial charge in [0.2, 0.25) is 0 Å². The Morgan fingerprint density at radius 1 is 1.24 bits per heavy atom. The maximum atomic E-state index is 11.7. The zero-order valence-electron chi connectivity index (χ0n) is 10.2. The molecule has 0 saturated carbocycles. The molecular formula is C12H19O4P. The van der Waals surface area contributed by atoms with E-state index in [2.05, 4.69) is 0 Å². The second-order valence-corrected chi connectivity index (χ2v) is 6.42. The molecule has 4 nitrogen and oxygen atoms in total. The molecule has 1 N–H and O–H groups in total. The maximum absolute atomic E-state index is 11.7. The SMILES string of the molecule is CO[PH](O)(CC(=O)CCc1ccccc1)OC. The van der Waals surface area contributed by atoms with Gasteiger partial charge in [-0.15, -0.1) is 0 Å². The minimum absolute atomic E-state index is 0.0210. The summed E-state index contributed by atoms with van der Waals surface area (Å²) in [6.45, 7) is 0. The van der Waals surface area contributed by atoms with E-state index in [0.717, 1.165) is 5.56 Å². The van der Waals surface area contributed by atoms with Crippen LogP contribution in [0.5, 0.6) is 0 Å². The van der Waals surface area contributed by atoms with Crippen molar-refractivity contribution in [1.82, 2.24) is 0 Å². The van der Waals surface area contributed by atoms with Gasteiger partial charge in [0, 0.05) is 0 Å². The van der Waals surface area contributed by atoms with Crippen LogP contribution >= 0.6 is 7.94 Å². The Bertz CT molecular complexity index is 349. The summed E-state index contributed by atoms with van der Waals surface area (Å²) in [7, 11) is -0.526. The number of Topliss-reactive ketones (excluding diaryl/α,β-unsaturated/α-hetero) is 1. The second kappa shape index (κ2) is 6.82. The third-order valence-corrected chi connectivity index (χ3v) is 4.71. The van der Waals surface area contributed by atoms with E-state index in [0.29, 0.717) is 12.8 Å². The van der Waals surface area contributed by atoms with Crippen molar-refractivity contribution in [2.45, 2.75) is 12.8 Å². The molecule has 1 aromatic carbocycles. The average Bonchev–Trinajstić information content (AvgIpc) is 2.37. The van der Waals surface area contributed by atoms with Crippen LogP contribution in [0.2, 0.25) is 0 Å². The van der Waals surface area contributed by atoms with Crippen molar-refractivity contribution in [3.63, 3.8) is 0 Å². The van der Waals surface area contributed by atoms with Gasteiger partial charge in [-0.1, -0.05) is 0 Å². The Balaban J connectivity index is 2.40. The number of rotatable bonds is 7. The van der Waals surface area contributed by atoms with Gasteiger partial charge in [0.05, 0.1) is 0 Å². The van der Waals surface area contributed by atoms with E-state index in [4.69, 9.17) is 9.05 Å². The molecule has 17 heavy (non-hydrogen) atoms. The predicted molar refractivity (Wildman–Crippen MR) is 69.2 cm³/mol. The Morgan fingerprint density at radius 3 is 2.35 bits per heavy atom. The van der Waals surface area contributed by atoms with Crippen LogP contribution in [0.25, 0.3) is 0 Å². The number of hydrogen-bond donors (Lipinski definition) is 1. The van der Waals surface area contributed by atoms with Crippen LogP contribution in [0.4, 0.5) is 0 Å². The van der Waals surface area contributed by atoms with Gasteiger partial charge in [-0.3, -0.25) is 0 Å². The average molecular weight is 258 g/mol. The first-order valence-electron chi connectivity index (χ1n) is 5.48. The molecule has 0 amide bonds. The zero-order chi connectivity index (χ0) is 12.7. The molecule has 0 aliphatic carbocycles. The van der Waals surface area contributed by atoms with Crippen molar-refractivity contribution in [3.8, 4) is 0 Å². The third-order valence-electron chi connectivity index (χ3n) is 2.59. The van der Waals surface area contributed by atoms with E-state index >= 15 is 0 Å². The van der Waals surface area contributed by atoms with E-state index in [1.807, 2.05) is 30.3 Å². The summed E-state index contributed by atoms with van der Waals surface area (Å²) < 4.78 is 9.72.